The van der Waals surface area contributed by atoms with E-state index in [1.807, 2.05) is 31.2 Å². The van der Waals surface area contributed by atoms with Gasteiger partial charge in [0.05, 0.1) is 29.7 Å². The number of rotatable bonds is 7. The molecular weight excluding hydrogens is 528 g/mol. The van der Waals surface area contributed by atoms with E-state index in [0.717, 1.165) is 34.4 Å². The fraction of sp³-hybridized carbons (Fsp3) is 0.217. The van der Waals surface area contributed by atoms with Gasteiger partial charge in [-0.25, -0.2) is 13.3 Å². The molecule has 2 aliphatic rings. The first kappa shape index (κ1) is 25.7. The highest BCUT2D eigenvalue weighted by Crippen LogP contribution is 2.38. The molecule has 0 bridgehead atoms. The maximum Gasteiger partial charge on any atom is 0.283 e. The normalized spacial score (nSPS) is 16.6. The Kier molecular flexibility index (Phi) is 7.38. The number of hydrogen-bond donors (Lipinski definition) is 1. The summed E-state index contributed by atoms with van der Waals surface area (Å²) in [5, 5.41) is 8.31. The molecule has 0 aromatic heterocycles. The molecule has 10 nitrogen and oxygen atoms in total. The summed E-state index contributed by atoms with van der Waals surface area (Å²) in [7, 11) is -2.30. The van der Waals surface area contributed by atoms with Gasteiger partial charge in [0.15, 0.2) is 11.5 Å². The summed E-state index contributed by atoms with van der Waals surface area (Å²) in [6.45, 7) is 2.47. The zero-order chi connectivity index (χ0) is 26.0. The number of benzene rings is 2. The van der Waals surface area contributed by atoms with Crippen molar-refractivity contribution < 1.29 is 27.4 Å². The molecule has 36 heavy (non-hydrogen) atoms. The minimum atomic E-state index is -3.75. The van der Waals surface area contributed by atoms with Crippen molar-refractivity contribution in [3.63, 3.8) is 0 Å². The second-order valence-corrected chi connectivity index (χ2v) is 10.8. The van der Waals surface area contributed by atoms with Gasteiger partial charge in [-0.1, -0.05) is 29.3 Å². The van der Waals surface area contributed by atoms with Crippen LogP contribution in [-0.2, 0) is 14.6 Å². The quantitative estimate of drug-likeness (QED) is 0.314. The number of hydrogen-bond acceptors (Lipinski definition) is 9. The lowest BCUT2D eigenvalue weighted by molar-refractivity contribution is -0.114. The van der Waals surface area contributed by atoms with Crippen LogP contribution in [0.1, 0.15) is 11.1 Å². The largest absolute Gasteiger partial charge is 0.493 e. The van der Waals surface area contributed by atoms with Gasteiger partial charge in [-0.05, 0) is 42.8 Å². The van der Waals surface area contributed by atoms with E-state index >= 15 is 0 Å². The second kappa shape index (κ2) is 10.3. The number of methoxy groups -OCH3 is 1. The van der Waals surface area contributed by atoms with Gasteiger partial charge in [-0.3, -0.25) is 10.2 Å². The zero-order valence-corrected chi connectivity index (χ0v) is 21.8. The number of nitrogens with zero attached hydrogens (tertiary/aromatic N) is 3. The first-order chi connectivity index (χ1) is 17.1. The molecule has 188 valence electrons. The third-order valence-electron chi connectivity index (χ3n) is 5.01. The predicted molar refractivity (Wildman–Crippen MR) is 140 cm³/mol. The van der Waals surface area contributed by atoms with Crippen LogP contribution in [0.15, 0.2) is 51.4 Å². The smallest absolute Gasteiger partial charge is 0.283 e. The van der Waals surface area contributed by atoms with Crippen LogP contribution >= 0.6 is 23.5 Å². The maximum absolute atomic E-state index is 12.6. The van der Waals surface area contributed by atoms with Crippen molar-refractivity contribution in [2.75, 3.05) is 26.6 Å². The summed E-state index contributed by atoms with van der Waals surface area (Å²) in [5.41, 5.74) is 1.43. The number of carbonyl (C=O) groups excluding carboxylic acids is 1. The van der Waals surface area contributed by atoms with Crippen molar-refractivity contribution in [1.82, 2.24) is 4.90 Å². The second-order valence-electron chi connectivity index (χ2n) is 7.72. The van der Waals surface area contributed by atoms with Crippen LogP contribution in [0.5, 0.6) is 17.2 Å². The number of sulfone groups is 1. The lowest BCUT2D eigenvalue weighted by Gasteiger charge is -2.24. The number of amidine groups is 3. The monoisotopic (exact) mass is 548 g/mol. The molecule has 0 radical (unpaired) electrons. The van der Waals surface area contributed by atoms with Crippen LogP contribution in [0, 0.1) is 12.3 Å². The van der Waals surface area contributed by atoms with E-state index in [2.05, 4.69) is 9.39 Å². The van der Waals surface area contributed by atoms with Gasteiger partial charge in [0.2, 0.25) is 20.2 Å². The number of ether oxygens (including phenoxy) is 3. The molecule has 1 N–H and O–H groups in total. The van der Waals surface area contributed by atoms with Gasteiger partial charge >= 0.3 is 0 Å². The summed E-state index contributed by atoms with van der Waals surface area (Å²) < 4.78 is 44.8. The van der Waals surface area contributed by atoms with Crippen molar-refractivity contribution in [1.29, 1.82) is 5.41 Å². The molecule has 0 fully saturated rings. The fourth-order valence-electron chi connectivity index (χ4n) is 3.31. The van der Waals surface area contributed by atoms with E-state index in [9.17, 15) is 13.2 Å². The van der Waals surface area contributed by atoms with E-state index in [4.69, 9.17) is 31.2 Å². The SMILES string of the molecule is COc1cc(C=C2C(=N)N3C(=NC2=O)SN=C3S(C)(=O)=O)cc(Cl)c1OCCOc1ccc(C)cc1. The van der Waals surface area contributed by atoms with E-state index in [1.54, 1.807) is 6.07 Å². The summed E-state index contributed by atoms with van der Waals surface area (Å²) in [4.78, 5) is 17.5. The van der Waals surface area contributed by atoms with Crippen molar-refractivity contribution in [3.05, 3.63) is 58.1 Å². The minimum absolute atomic E-state index is 0.00907. The number of amides is 1. The molecule has 1 amide bonds. The molecule has 2 aliphatic heterocycles. The van der Waals surface area contributed by atoms with Crippen LogP contribution < -0.4 is 14.2 Å². The Morgan fingerprint density at radius 3 is 2.53 bits per heavy atom. The Morgan fingerprint density at radius 1 is 1.17 bits per heavy atom. The predicted octanol–water partition coefficient (Wildman–Crippen LogP) is 3.74. The molecule has 2 heterocycles. The van der Waals surface area contributed by atoms with Crippen LogP contribution in [0.2, 0.25) is 5.02 Å². The third-order valence-corrected chi connectivity index (χ3v) is 7.04. The fourth-order valence-corrected chi connectivity index (χ4v) is 5.42. The van der Waals surface area contributed by atoms with Crippen LogP contribution in [0.4, 0.5) is 0 Å². The number of halogens is 1. The zero-order valence-electron chi connectivity index (χ0n) is 19.4. The lowest BCUT2D eigenvalue weighted by atomic mass is 10.1. The van der Waals surface area contributed by atoms with Gasteiger partial charge in [0, 0.05) is 6.26 Å². The van der Waals surface area contributed by atoms with E-state index in [-0.39, 0.29) is 40.0 Å². The van der Waals surface area contributed by atoms with E-state index in [0.29, 0.717) is 17.1 Å². The van der Waals surface area contributed by atoms with Crippen LogP contribution in [0.3, 0.4) is 0 Å². The highest BCUT2D eigenvalue weighted by atomic mass is 35.5. The number of fused-ring (bicyclic) bond motifs is 1. The number of aryl methyl sites for hydroxylation is 1. The number of nitrogens with one attached hydrogen (secondary N) is 1. The van der Waals surface area contributed by atoms with Crippen LogP contribution in [0.25, 0.3) is 6.08 Å². The average molecular weight is 549 g/mol. The number of aliphatic imine (C=N–C) groups is 1. The first-order valence-electron chi connectivity index (χ1n) is 10.5. The van der Waals surface area contributed by atoms with Gasteiger partial charge in [-0.15, -0.1) is 0 Å². The Labute approximate surface area is 217 Å². The van der Waals surface area contributed by atoms with E-state index in [1.165, 1.54) is 19.3 Å². The van der Waals surface area contributed by atoms with Crippen LogP contribution in [-0.4, -0.2) is 62.0 Å². The lowest BCUT2D eigenvalue weighted by Crippen LogP contribution is -2.45. The molecule has 13 heteroatoms. The molecule has 0 aliphatic carbocycles. The van der Waals surface area contributed by atoms with Crippen molar-refractivity contribution in [2.24, 2.45) is 9.39 Å². The Balaban J connectivity index is 1.53. The minimum Gasteiger partial charge on any atom is -0.493 e. The molecule has 4 rings (SSSR count). The summed E-state index contributed by atoms with van der Waals surface area (Å²) in [6, 6.07) is 10.8. The highest BCUT2D eigenvalue weighted by molar-refractivity contribution is 8.16. The molecule has 0 saturated heterocycles. The van der Waals surface area contributed by atoms with Crippen molar-refractivity contribution in [3.8, 4) is 17.2 Å². The van der Waals surface area contributed by atoms with E-state index < -0.39 is 15.7 Å². The molecule has 0 unspecified atom stereocenters. The topological polar surface area (TPSA) is 131 Å². The average Bonchev–Trinajstić information content (AvgIpc) is 3.26. The van der Waals surface area contributed by atoms with Crippen molar-refractivity contribution in [2.45, 2.75) is 6.92 Å². The summed E-state index contributed by atoms with van der Waals surface area (Å²) in [6.07, 6.45) is 2.35. The van der Waals surface area contributed by atoms with Gasteiger partial charge < -0.3 is 14.2 Å². The third kappa shape index (κ3) is 5.40. The van der Waals surface area contributed by atoms with Gasteiger partial charge in [-0.2, -0.15) is 9.39 Å². The molecule has 0 atom stereocenters. The molecule has 2 aromatic rings. The molecule has 0 saturated carbocycles. The summed E-state index contributed by atoms with van der Waals surface area (Å²) >= 11 is 7.16. The first-order valence-corrected chi connectivity index (χ1v) is 13.5. The van der Waals surface area contributed by atoms with Gasteiger partial charge in [0.1, 0.15) is 24.8 Å². The molecule has 0 spiro atoms. The Morgan fingerprint density at radius 2 is 1.86 bits per heavy atom. The number of carbonyl (C=O) groups is 1. The highest BCUT2D eigenvalue weighted by Gasteiger charge is 2.41. The maximum atomic E-state index is 12.6. The van der Waals surface area contributed by atoms with Gasteiger partial charge in [0.25, 0.3) is 5.91 Å². The molecule has 2 aromatic carbocycles. The Bertz CT molecular complexity index is 1440. The Hall–Kier alpha value is -3.35. The summed E-state index contributed by atoms with van der Waals surface area (Å²) in [5.74, 6) is 0.255. The standard InChI is InChI=1S/C23H21ClN4O6S2/c1-13-4-6-15(7-5-13)33-8-9-34-19-17(24)11-14(12-18(19)32-2)10-16-20(25)28-22(26-21(16)29)35-27-23(28)36(3,30)31/h4-7,10-12,25H,8-9H2,1-3H3. The molecular formula is C23H21ClN4O6S2. The van der Waals surface area contributed by atoms with Crippen molar-refractivity contribution >= 4 is 61.5 Å².